The molecule has 2 aliphatic rings. The summed E-state index contributed by atoms with van der Waals surface area (Å²) in [7, 11) is 2.01. The van der Waals surface area contributed by atoms with Gasteiger partial charge in [0.05, 0.1) is 11.8 Å². The predicted molar refractivity (Wildman–Crippen MR) is 119 cm³/mol. The number of rotatable bonds is 6. The van der Waals surface area contributed by atoms with Crippen LogP contribution in [-0.4, -0.2) is 41.8 Å². The van der Waals surface area contributed by atoms with E-state index in [0.717, 1.165) is 54.3 Å². The molecule has 2 atom stereocenters. The Bertz CT molecular complexity index is 822. The van der Waals surface area contributed by atoms with E-state index in [1.807, 2.05) is 7.05 Å². The van der Waals surface area contributed by atoms with Gasteiger partial charge in [-0.1, -0.05) is 19.3 Å². The molecule has 0 amide bonds. The average molecular weight is 463 g/mol. The van der Waals surface area contributed by atoms with Gasteiger partial charge in [-0.25, -0.2) is 9.97 Å². The molecule has 0 bridgehead atoms. The minimum absolute atomic E-state index is 0. The summed E-state index contributed by atoms with van der Waals surface area (Å²) < 4.78 is 38.3. The quantitative estimate of drug-likeness (QED) is 0.593. The Kier molecular flexibility index (Phi) is 7.85. The van der Waals surface area contributed by atoms with Crippen molar-refractivity contribution in [3.8, 4) is 0 Å². The summed E-state index contributed by atoms with van der Waals surface area (Å²) in [5.41, 5.74) is 0. The van der Waals surface area contributed by atoms with Crippen LogP contribution in [0.3, 0.4) is 0 Å². The first-order valence-corrected chi connectivity index (χ1v) is 11.5. The Balaban J connectivity index is 0.00000256. The second-order valence-electron chi connectivity index (χ2n) is 8.61. The highest BCUT2D eigenvalue weighted by Gasteiger charge is 2.31. The van der Waals surface area contributed by atoms with Crippen LogP contribution in [0.2, 0.25) is 0 Å². The molecule has 9 heteroatoms. The molecule has 2 aromatic rings. The molecule has 2 fully saturated rings. The number of alkyl halides is 3. The Hall–Kier alpha value is -1.12. The van der Waals surface area contributed by atoms with Crippen molar-refractivity contribution >= 4 is 39.8 Å². The number of aromatic nitrogens is 2. The van der Waals surface area contributed by atoms with Crippen LogP contribution < -0.4 is 10.2 Å². The molecule has 2 aliphatic carbocycles. The van der Waals surface area contributed by atoms with Crippen LogP contribution >= 0.6 is 23.7 Å². The Labute approximate surface area is 186 Å². The average Bonchev–Trinajstić information content (AvgIpc) is 3.31. The topological polar surface area (TPSA) is 41.1 Å². The van der Waals surface area contributed by atoms with Crippen molar-refractivity contribution in [1.82, 2.24) is 15.3 Å². The van der Waals surface area contributed by atoms with Crippen LogP contribution in [0, 0.1) is 5.92 Å². The zero-order chi connectivity index (χ0) is 20.4. The number of thiophene rings is 1. The normalized spacial score (nSPS) is 22.9. The van der Waals surface area contributed by atoms with Crippen LogP contribution in [-0.2, 0) is 6.42 Å². The van der Waals surface area contributed by atoms with E-state index in [4.69, 9.17) is 0 Å². The molecule has 4 rings (SSSR count). The maximum Gasteiger partial charge on any atom is 0.393 e. The van der Waals surface area contributed by atoms with Gasteiger partial charge >= 0.3 is 6.18 Å². The molecule has 0 aliphatic heterocycles. The monoisotopic (exact) mass is 462 g/mol. The summed E-state index contributed by atoms with van der Waals surface area (Å²) in [5.74, 6) is 1.57. The van der Waals surface area contributed by atoms with Crippen LogP contribution in [0.1, 0.15) is 56.2 Å². The van der Waals surface area contributed by atoms with Gasteiger partial charge in [-0.3, -0.25) is 0 Å². The van der Waals surface area contributed by atoms with Gasteiger partial charge in [-0.2, -0.15) is 13.2 Å². The fraction of sp³-hybridized carbons (Fsp3) is 0.714. The summed E-state index contributed by atoms with van der Waals surface area (Å²) in [6.07, 6.45) is 6.42. The standard InChI is InChI=1S/C21H29F3N4S.ClH/c1-28(16-8-7-15(9-16)25-12-14-5-3-2-4-6-14)19-18-10-17(11-21(22,23)24)29-20(18)27-13-26-19;/h10,13-16,25H,2-9,11-12H2,1H3;1H/t15-,16+;/m0./s1. The molecule has 2 aromatic heterocycles. The van der Waals surface area contributed by atoms with E-state index < -0.39 is 12.6 Å². The highest BCUT2D eigenvalue weighted by Crippen LogP contribution is 2.36. The molecule has 30 heavy (non-hydrogen) atoms. The Morgan fingerprint density at radius 2 is 1.90 bits per heavy atom. The molecule has 0 saturated heterocycles. The summed E-state index contributed by atoms with van der Waals surface area (Å²) in [6.45, 7) is 1.12. The number of nitrogens with zero attached hydrogens (tertiary/aromatic N) is 3. The molecule has 168 valence electrons. The molecule has 1 N–H and O–H groups in total. The lowest BCUT2D eigenvalue weighted by Crippen LogP contribution is -2.35. The summed E-state index contributed by atoms with van der Waals surface area (Å²) in [6, 6.07) is 2.49. The van der Waals surface area contributed by atoms with E-state index in [0.29, 0.717) is 21.8 Å². The highest BCUT2D eigenvalue weighted by atomic mass is 35.5. The van der Waals surface area contributed by atoms with Crippen LogP contribution in [0.25, 0.3) is 10.2 Å². The predicted octanol–water partition coefficient (Wildman–Crippen LogP) is 5.75. The SMILES string of the molecule is CN(c1ncnc2sc(CC(F)(F)F)cc12)[C@@H]1CC[C@H](NCC2CCCCC2)C1.Cl. The van der Waals surface area contributed by atoms with Crippen molar-refractivity contribution < 1.29 is 13.2 Å². The van der Waals surface area contributed by atoms with E-state index in [-0.39, 0.29) is 12.4 Å². The first-order valence-electron chi connectivity index (χ1n) is 10.7. The van der Waals surface area contributed by atoms with Gasteiger partial charge < -0.3 is 10.2 Å². The Morgan fingerprint density at radius 3 is 2.63 bits per heavy atom. The van der Waals surface area contributed by atoms with Crippen molar-refractivity contribution in [2.45, 2.75) is 76.0 Å². The zero-order valence-electron chi connectivity index (χ0n) is 17.2. The molecule has 4 nitrogen and oxygen atoms in total. The maximum atomic E-state index is 12.8. The lowest BCUT2D eigenvalue weighted by Gasteiger charge is -2.27. The minimum atomic E-state index is -4.21. The fourth-order valence-electron chi connectivity index (χ4n) is 4.85. The summed E-state index contributed by atoms with van der Waals surface area (Å²) in [5, 5.41) is 4.51. The van der Waals surface area contributed by atoms with E-state index >= 15 is 0 Å². The summed E-state index contributed by atoms with van der Waals surface area (Å²) in [4.78, 5) is 11.7. The third-order valence-corrected chi connectivity index (χ3v) is 7.48. The zero-order valence-corrected chi connectivity index (χ0v) is 18.9. The number of hydrogen-bond acceptors (Lipinski definition) is 5. The minimum Gasteiger partial charge on any atom is -0.356 e. The van der Waals surface area contributed by atoms with Gasteiger partial charge in [0.1, 0.15) is 17.0 Å². The number of anilines is 1. The van der Waals surface area contributed by atoms with Crippen LogP contribution in [0.4, 0.5) is 19.0 Å². The third-order valence-electron chi connectivity index (χ3n) is 6.44. The van der Waals surface area contributed by atoms with Crippen LogP contribution in [0.15, 0.2) is 12.4 Å². The molecule has 2 saturated carbocycles. The molecule has 2 heterocycles. The molecule has 0 spiro atoms. The third kappa shape index (κ3) is 5.77. The number of fused-ring (bicyclic) bond motifs is 1. The van der Waals surface area contributed by atoms with Crippen molar-refractivity contribution in [2.24, 2.45) is 5.92 Å². The van der Waals surface area contributed by atoms with Gasteiger partial charge in [0, 0.05) is 24.0 Å². The fourth-order valence-corrected chi connectivity index (χ4v) is 5.87. The highest BCUT2D eigenvalue weighted by molar-refractivity contribution is 7.18. The van der Waals surface area contributed by atoms with E-state index in [1.165, 1.54) is 38.4 Å². The van der Waals surface area contributed by atoms with Crippen molar-refractivity contribution in [3.05, 3.63) is 17.3 Å². The van der Waals surface area contributed by atoms with Gasteiger partial charge in [0.2, 0.25) is 0 Å². The summed E-state index contributed by atoms with van der Waals surface area (Å²) >= 11 is 1.11. The van der Waals surface area contributed by atoms with Gasteiger partial charge in [-0.05, 0) is 50.6 Å². The van der Waals surface area contributed by atoms with Gasteiger partial charge in [0.25, 0.3) is 0 Å². The van der Waals surface area contributed by atoms with Crippen molar-refractivity contribution in [1.29, 1.82) is 0 Å². The van der Waals surface area contributed by atoms with Crippen LogP contribution in [0.5, 0.6) is 0 Å². The van der Waals surface area contributed by atoms with Gasteiger partial charge in [-0.15, -0.1) is 23.7 Å². The van der Waals surface area contributed by atoms with Gasteiger partial charge in [0.15, 0.2) is 0 Å². The number of halogens is 4. The largest absolute Gasteiger partial charge is 0.393 e. The van der Waals surface area contributed by atoms with E-state index in [2.05, 4.69) is 20.2 Å². The maximum absolute atomic E-state index is 12.8. The second kappa shape index (κ2) is 10.0. The van der Waals surface area contributed by atoms with Crippen molar-refractivity contribution in [2.75, 3.05) is 18.5 Å². The molecular formula is C21H30ClF3N4S. The Morgan fingerprint density at radius 1 is 1.13 bits per heavy atom. The smallest absolute Gasteiger partial charge is 0.356 e. The molecular weight excluding hydrogens is 433 g/mol. The first kappa shape index (κ1) is 23.5. The second-order valence-corrected chi connectivity index (χ2v) is 9.72. The lowest BCUT2D eigenvalue weighted by molar-refractivity contribution is -0.126. The number of nitrogens with one attached hydrogen (secondary N) is 1. The molecule has 0 radical (unpaired) electrons. The first-order chi connectivity index (χ1) is 13.9. The molecule has 0 unspecified atom stereocenters. The van der Waals surface area contributed by atoms with E-state index in [9.17, 15) is 13.2 Å². The van der Waals surface area contributed by atoms with E-state index in [1.54, 1.807) is 6.07 Å². The molecule has 0 aromatic carbocycles. The number of hydrogen-bond donors (Lipinski definition) is 1. The lowest BCUT2D eigenvalue weighted by atomic mass is 9.89. The van der Waals surface area contributed by atoms with Crippen molar-refractivity contribution in [3.63, 3.8) is 0 Å².